The van der Waals surface area contributed by atoms with Crippen molar-refractivity contribution in [3.05, 3.63) is 0 Å². The average Bonchev–Trinajstić information content (AvgIpc) is 2.22. The Hall–Kier alpha value is -1.10. The van der Waals surface area contributed by atoms with E-state index in [9.17, 15) is 9.59 Å². The molecule has 0 aromatic carbocycles. The Labute approximate surface area is 90.6 Å². The Bertz CT molecular complexity index is 207. The summed E-state index contributed by atoms with van der Waals surface area (Å²) < 4.78 is 4.63. The molecule has 0 saturated carbocycles. The van der Waals surface area contributed by atoms with Gasteiger partial charge < -0.3 is 15.4 Å². The van der Waals surface area contributed by atoms with Crippen molar-refractivity contribution in [1.29, 1.82) is 0 Å². The molecule has 0 heterocycles. The number of hydrogen-bond donors (Lipinski definition) is 2. The highest BCUT2D eigenvalue weighted by Gasteiger charge is 2.15. The predicted molar refractivity (Wildman–Crippen MR) is 57.4 cm³/mol. The molecule has 2 N–H and O–H groups in total. The molecule has 0 aliphatic rings. The van der Waals surface area contributed by atoms with Crippen molar-refractivity contribution < 1.29 is 14.3 Å². The number of nitrogens with one attached hydrogen (secondary N) is 2. The van der Waals surface area contributed by atoms with Gasteiger partial charge in [0.1, 0.15) is 6.04 Å². The van der Waals surface area contributed by atoms with Crippen LogP contribution in [0.15, 0.2) is 0 Å². The second-order valence-electron chi connectivity index (χ2n) is 3.34. The van der Waals surface area contributed by atoms with E-state index in [2.05, 4.69) is 15.4 Å². The molecule has 1 unspecified atom stereocenters. The number of esters is 1. The summed E-state index contributed by atoms with van der Waals surface area (Å²) in [6.07, 6.45) is 2.47. The molecular weight excluding hydrogens is 196 g/mol. The molecule has 0 aromatic heterocycles. The van der Waals surface area contributed by atoms with Crippen molar-refractivity contribution >= 4 is 11.9 Å². The lowest BCUT2D eigenvalue weighted by Gasteiger charge is -2.13. The van der Waals surface area contributed by atoms with Crippen LogP contribution in [0.4, 0.5) is 0 Å². The van der Waals surface area contributed by atoms with Crippen LogP contribution in [0.25, 0.3) is 0 Å². The molecule has 0 radical (unpaired) electrons. The van der Waals surface area contributed by atoms with E-state index in [0.717, 1.165) is 19.3 Å². The normalized spacial score (nSPS) is 11.9. The molecule has 0 saturated heterocycles. The number of carbonyl (C=O) groups excluding carboxylic acids is 2. The monoisotopic (exact) mass is 216 g/mol. The molecule has 0 spiro atoms. The van der Waals surface area contributed by atoms with Crippen molar-refractivity contribution in [1.82, 2.24) is 10.6 Å². The van der Waals surface area contributed by atoms with Gasteiger partial charge >= 0.3 is 5.97 Å². The topological polar surface area (TPSA) is 67.4 Å². The summed E-state index contributed by atoms with van der Waals surface area (Å²) in [4.78, 5) is 21.7. The van der Waals surface area contributed by atoms with Crippen molar-refractivity contribution in [3.8, 4) is 0 Å². The van der Waals surface area contributed by atoms with E-state index in [4.69, 9.17) is 0 Å². The lowest BCUT2D eigenvalue weighted by Crippen LogP contribution is -2.35. The molecule has 5 nitrogen and oxygen atoms in total. The first-order valence-electron chi connectivity index (χ1n) is 5.11. The second-order valence-corrected chi connectivity index (χ2v) is 3.34. The van der Waals surface area contributed by atoms with Gasteiger partial charge in [0.15, 0.2) is 0 Å². The molecule has 0 aromatic rings. The molecule has 1 atom stereocenters. The Balaban J connectivity index is 3.55. The Morgan fingerprint density at radius 3 is 2.47 bits per heavy atom. The highest BCUT2D eigenvalue weighted by molar-refractivity contribution is 5.75. The number of hydrogen-bond acceptors (Lipinski definition) is 4. The van der Waals surface area contributed by atoms with Gasteiger partial charge in [-0.05, 0) is 26.3 Å². The first kappa shape index (κ1) is 13.9. The third kappa shape index (κ3) is 6.90. The minimum absolute atomic E-state index is 0.0202. The van der Waals surface area contributed by atoms with Crippen molar-refractivity contribution in [3.63, 3.8) is 0 Å². The molecule has 0 bridgehead atoms. The van der Waals surface area contributed by atoms with E-state index in [1.807, 2.05) is 0 Å². The van der Waals surface area contributed by atoms with E-state index < -0.39 is 0 Å². The van der Waals surface area contributed by atoms with E-state index in [-0.39, 0.29) is 17.9 Å². The molecule has 0 aliphatic carbocycles. The van der Waals surface area contributed by atoms with Crippen molar-refractivity contribution in [2.45, 2.75) is 32.2 Å². The maximum atomic E-state index is 11.2. The zero-order valence-electron chi connectivity index (χ0n) is 9.63. The summed E-state index contributed by atoms with van der Waals surface area (Å²) in [6, 6.07) is -0.243. The lowest BCUT2D eigenvalue weighted by molar-refractivity contribution is -0.143. The highest BCUT2D eigenvalue weighted by atomic mass is 16.5. The molecule has 0 rings (SSSR count). The van der Waals surface area contributed by atoms with Crippen LogP contribution in [0.2, 0.25) is 0 Å². The zero-order valence-corrected chi connectivity index (χ0v) is 9.63. The van der Waals surface area contributed by atoms with Gasteiger partial charge in [0.25, 0.3) is 0 Å². The van der Waals surface area contributed by atoms with Crippen LogP contribution in [-0.2, 0) is 14.3 Å². The van der Waals surface area contributed by atoms with Gasteiger partial charge in [-0.3, -0.25) is 9.59 Å². The van der Waals surface area contributed by atoms with E-state index in [1.165, 1.54) is 14.0 Å². The summed E-state index contributed by atoms with van der Waals surface area (Å²) in [5.74, 6) is -0.259. The first-order valence-corrected chi connectivity index (χ1v) is 5.11. The van der Waals surface area contributed by atoms with Crippen LogP contribution in [0, 0.1) is 0 Å². The summed E-state index contributed by atoms with van der Waals surface area (Å²) in [7, 11) is 3.11. The number of likely N-dealkylation sites (N-methyl/N-ethyl adjacent to an activating group) is 1. The third-order valence-electron chi connectivity index (χ3n) is 2.13. The first-order chi connectivity index (χ1) is 7.11. The van der Waals surface area contributed by atoms with Crippen LogP contribution < -0.4 is 10.6 Å². The molecule has 0 aliphatic heterocycles. The minimum atomic E-state index is -0.243. The zero-order chi connectivity index (χ0) is 11.7. The van der Waals surface area contributed by atoms with Gasteiger partial charge in [-0.25, -0.2) is 0 Å². The van der Waals surface area contributed by atoms with Crippen LogP contribution in [0.5, 0.6) is 0 Å². The summed E-state index contributed by atoms with van der Waals surface area (Å²) in [6.45, 7) is 2.15. The molecule has 5 heteroatoms. The number of amides is 1. The Morgan fingerprint density at radius 1 is 1.33 bits per heavy atom. The lowest BCUT2D eigenvalue weighted by atomic mass is 10.1. The predicted octanol–water partition coefficient (Wildman–Crippen LogP) is 0.0538. The molecule has 88 valence electrons. The van der Waals surface area contributed by atoms with Gasteiger partial charge in [-0.15, -0.1) is 0 Å². The van der Waals surface area contributed by atoms with Crippen molar-refractivity contribution in [2.75, 3.05) is 20.7 Å². The summed E-state index contributed by atoms with van der Waals surface area (Å²) in [5.41, 5.74) is 0. The fourth-order valence-electron chi connectivity index (χ4n) is 1.26. The van der Waals surface area contributed by atoms with Crippen LogP contribution in [-0.4, -0.2) is 38.6 Å². The fourth-order valence-corrected chi connectivity index (χ4v) is 1.26. The number of unbranched alkanes of at least 4 members (excludes halogenated alkanes) is 1. The standard InChI is InChI=1S/C10H20N2O3/c1-8(13)12-7-5-4-6-9(11-2)10(14)15-3/h9,11H,4-7H2,1-3H3,(H,12,13). The minimum Gasteiger partial charge on any atom is -0.468 e. The van der Waals surface area contributed by atoms with Crippen LogP contribution >= 0.6 is 0 Å². The van der Waals surface area contributed by atoms with E-state index in [1.54, 1.807) is 7.05 Å². The number of rotatable bonds is 7. The van der Waals surface area contributed by atoms with Crippen LogP contribution in [0.1, 0.15) is 26.2 Å². The second kappa shape index (κ2) is 8.23. The van der Waals surface area contributed by atoms with Gasteiger partial charge in [0, 0.05) is 13.5 Å². The van der Waals surface area contributed by atoms with Crippen LogP contribution in [0.3, 0.4) is 0 Å². The summed E-state index contributed by atoms with van der Waals surface area (Å²) in [5, 5.41) is 5.60. The number of carbonyl (C=O) groups is 2. The van der Waals surface area contributed by atoms with Crippen molar-refractivity contribution in [2.24, 2.45) is 0 Å². The quantitative estimate of drug-likeness (QED) is 0.466. The van der Waals surface area contributed by atoms with E-state index >= 15 is 0 Å². The average molecular weight is 216 g/mol. The number of methoxy groups -OCH3 is 1. The number of ether oxygens (including phenoxy) is 1. The fraction of sp³-hybridized carbons (Fsp3) is 0.800. The SMILES string of the molecule is CNC(CCCCNC(C)=O)C(=O)OC. The highest BCUT2D eigenvalue weighted by Crippen LogP contribution is 2.01. The maximum Gasteiger partial charge on any atom is 0.322 e. The Kier molecular flexibility index (Phi) is 7.62. The summed E-state index contributed by atoms with van der Waals surface area (Å²) >= 11 is 0. The van der Waals surface area contributed by atoms with Gasteiger partial charge in [0.05, 0.1) is 7.11 Å². The van der Waals surface area contributed by atoms with Gasteiger partial charge in [-0.2, -0.15) is 0 Å². The third-order valence-corrected chi connectivity index (χ3v) is 2.13. The van der Waals surface area contributed by atoms with Gasteiger partial charge in [-0.1, -0.05) is 0 Å². The van der Waals surface area contributed by atoms with E-state index in [0.29, 0.717) is 6.54 Å². The largest absolute Gasteiger partial charge is 0.468 e. The molecule has 15 heavy (non-hydrogen) atoms. The maximum absolute atomic E-state index is 11.2. The molecule has 1 amide bonds. The smallest absolute Gasteiger partial charge is 0.322 e. The molecular formula is C10H20N2O3. The Morgan fingerprint density at radius 2 is 2.00 bits per heavy atom. The molecule has 0 fully saturated rings. The van der Waals surface area contributed by atoms with Gasteiger partial charge in [0.2, 0.25) is 5.91 Å².